The van der Waals surface area contributed by atoms with Gasteiger partial charge in [-0.05, 0) is 25.7 Å². The van der Waals surface area contributed by atoms with Crippen LogP contribution >= 0.6 is 0 Å². The highest BCUT2D eigenvalue weighted by molar-refractivity contribution is 5.97. The molecule has 0 saturated heterocycles. The number of carbonyl (C=O) groups excluding carboxylic acids is 2. The second kappa shape index (κ2) is 14.8. The van der Waals surface area contributed by atoms with Crippen LogP contribution in [0, 0.1) is 5.92 Å². The Kier molecular flexibility index (Phi) is 13.5. The summed E-state index contributed by atoms with van der Waals surface area (Å²) in [5, 5.41) is 0. The molecule has 4 heteroatoms. The van der Waals surface area contributed by atoms with Gasteiger partial charge in [-0.2, -0.15) is 0 Å². The van der Waals surface area contributed by atoms with E-state index in [1.807, 2.05) is 12.2 Å². The molecule has 0 spiro atoms. The average Bonchev–Trinajstić information content (AvgIpc) is 2.56. The first-order valence-electron chi connectivity index (χ1n) is 8.00. The summed E-state index contributed by atoms with van der Waals surface area (Å²) < 4.78 is 9.87. The van der Waals surface area contributed by atoms with Crippen molar-refractivity contribution in [3.8, 4) is 0 Å². The zero-order valence-electron chi connectivity index (χ0n) is 13.9. The minimum absolute atomic E-state index is 0.0706. The smallest absolute Gasteiger partial charge is 0.324 e. The summed E-state index contributed by atoms with van der Waals surface area (Å²) in [7, 11) is 0. The maximum absolute atomic E-state index is 11.9. The number of unbranched alkanes of at least 4 members (excludes halogenated alkanes) is 5. The summed E-state index contributed by atoms with van der Waals surface area (Å²) in [4.78, 5) is 23.8. The van der Waals surface area contributed by atoms with Crippen molar-refractivity contribution in [3.63, 3.8) is 0 Å². The molecule has 0 aliphatic rings. The Bertz CT molecular complexity index is 386. The van der Waals surface area contributed by atoms with E-state index in [-0.39, 0.29) is 13.2 Å². The molecule has 0 saturated carbocycles. The summed E-state index contributed by atoms with van der Waals surface area (Å²) in [6.07, 6.45) is 14.5. The lowest BCUT2D eigenvalue weighted by molar-refractivity contribution is -0.158. The summed E-state index contributed by atoms with van der Waals surface area (Å²) >= 11 is 0. The lowest BCUT2D eigenvalue weighted by Gasteiger charge is -2.10. The molecular formula is C19H28O4. The van der Waals surface area contributed by atoms with Crippen molar-refractivity contribution >= 4 is 11.9 Å². The van der Waals surface area contributed by atoms with Crippen molar-refractivity contribution in [3.05, 3.63) is 50.1 Å². The molecule has 0 radical (unpaired) electrons. The quantitative estimate of drug-likeness (QED) is 0.209. The molecule has 128 valence electrons. The first-order chi connectivity index (χ1) is 11.2. The molecule has 0 aromatic heterocycles. The van der Waals surface area contributed by atoms with E-state index in [4.69, 9.17) is 9.47 Å². The van der Waals surface area contributed by atoms with Crippen LogP contribution in [0.15, 0.2) is 50.1 Å². The minimum atomic E-state index is -1.03. The van der Waals surface area contributed by atoms with Crippen molar-refractivity contribution in [2.75, 3.05) is 13.2 Å². The summed E-state index contributed by atoms with van der Waals surface area (Å²) in [6, 6.07) is 0. The first kappa shape index (κ1) is 20.9. The zero-order chi connectivity index (χ0) is 17.3. The molecule has 0 heterocycles. The minimum Gasteiger partial charge on any atom is -0.461 e. The van der Waals surface area contributed by atoms with Gasteiger partial charge >= 0.3 is 11.9 Å². The van der Waals surface area contributed by atoms with Crippen molar-refractivity contribution in [2.24, 2.45) is 5.92 Å². The number of hydrogen-bond acceptors (Lipinski definition) is 4. The largest absolute Gasteiger partial charge is 0.461 e. The predicted octanol–water partition coefficient (Wildman–Crippen LogP) is 4.14. The van der Waals surface area contributed by atoms with Crippen LogP contribution in [0.4, 0.5) is 0 Å². The Hall–Kier alpha value is -2.10. The van der Waals surface area contributed by atoms with Crippen molar-refractivity contribution in [1.29, 1.82) is 0 Å². The maximum atomic E-state index is 11.9. The Morgan fingerprint density at radius 3 is 1.78 bits per heavy atom. The van der Waals surface area contributed by atoms with Crippen LogP contribution in [0.25, 0.3) is 0 Å². The van der Waals surface area contributed by atoms with E-state index >= 15 is 0 Å². The summed E-state index contributed by atoms with van der Waals surface area (Å²) in [5.74, 6) is -2.28. The third kappa shape index (κ3) is 11.2. The van der Waals surface area contributed by atoms with Gasteiger partial charge in [0.1, 0.15) is 13.2 Å². The van der Waals surface area contributed by atoms with Crippen LogP contribution in [0.5, 0.6) is 0 Å². The van der Waals surface area contributed by atoms with Gasteiger partial charge in [-0.1, -0.05) is 56.4 Å². The van der Waals surface area contributed by atoms with E-state index in [1.54, 1.807) is 6.08 Å². The SMILES string of the molecule is C=CCCCCCCC=CC(C(=O)OCC=C)C(=O)OCC=C. The Balaban J connectivity index is 4.32. The fourth-order valence-electron chi connectivity index (χ4n) is 1.85. The molecule has 23 heavy (non-hydrogen) atoms. The van der Waals surface area contributed by atoms with E-state index in [1.165, 1.54) is 12.2 Å². The molecule has 0 unspecified atom stereocenters. The van der Waals surface area contributed by atoms with Crippen molar-refractivity contribution in [1.82, 2.24) is 0 Å². The lowest BCUT2D eigenvalue weighted by Crippen LogP contribution is -2.26. The van der Waals surface area contributed by atoms with E-state index < -0.39 is 17.9 Å². The van der Waals surface area contributed by atoms with Crippen LogP contribution < -0.4 is 0 Å². The van der Waals surface area contributed by atoms with Crippen molar-refractivity contribution in [2.45, 2.75) is 38.5 Å². The van der Waals surface area contributed by atoms with Gasteiger partial charge in [-0.25, -0.2) is 0 Å². The van der Waals surface area contributed by atoms with Gasteiger partial charge < -0.3 is 9.47 Å². The van der Waals surface area contributed by atoms with Crippen LogP contribution in [-0.2, 0) is 19.1 Å². The summed E-state index contributed by atoms with van der Waals surface area (Å²) in [5.41, 5.74) is 0. The molecule has 0 aliphatic heterocycles. The van der Waals surface area contributed by atoms with Gasteiger partial charge in [0.15, 0.2) is 5.92 Å². The number of allylic oxidation sites excluding steroid dienone is 2. The van der Waals surface area contributed by atoms with Gasteiger partial charge in [0, 0.05) is 0 Å². The lowest BCUT2D eigenvalue weighted by atomic mass is 10.1. The van der Waals surface area contributed by atoms with Gasteiger partial charge in [-0.3, -0.25) is 9.59 Å². The highest BCUT2D eigenvalue weighted by Gasteiger charge is 2.26. The molecule has 0 N–H and O–H groups in total. The second-order valence-corrected chi connectivity index (χ2v) is 5.02. The third-order valence-electron chi connectivity index (χ3n) is 3.05. The van der Waals surface area contributed by atoms with E-state index in [0.29, 0.717) is 0 Å². The first-order valence-corrected chi connectivity index (χ1v) is 8.00. The molecule has 0 aromatic carbocycles. The van der Waals surface area contributed by atoms with Crippen LogP contribution in [0.2, 0.25) is 0 Å². The van der Waals surface area contributed by atoms with Gasteiger partial charge in [-0.15, -0.1) is 6.58 Å². The molecular weight excluding hydrogens is 292 g/mol. The number of rotatable bonds is 14. The van der Waals surface area contributed by atoms with E-state index in [0.717, 1.165) is 38.5 Å². The number of hydrogen-bond donors (Lipinski definition) is 0. The van der Waals surface area contributed by atoms with Gasteiger partial charge in [0.05, 0.1) is 0 Å². The second-order valence-electron chi connectivity index (χ2n) is 5.02. The van der Waals surface area contributed by atoms with Crippen LogP contribution in [-0.4, -0.2) is 25.2 Å². The molecule has 0 atom stereocenters. The van der Waals surface area contributed by atoms with Crippen LogP contribution in [0.1, 0.15) is 38.5 Å². The van der Waals surface area contributed by atoms with Gasteiger partial charge in [0.2, 0.25) is 0 Å². The average molecular weight is 320 g/mol. The number of ether oxygens (including phenoxy) is 2. The van der Waals surface area contributed by atoms with Crippen LogP contribution in [0.3, 0.4) is 0 Å². The molecule has 0 aliphatic carbocycles. The fourth-order valence-corrected chi connectivity index (χ4v) is 1.85. The van der Waals surface area contributed by atoms with Crippen molar-refractivity contribution < 1.29 is 19.1 Å². The highest BCUT2D eigenvalue weighted by atomic mass is 16.6. The third-order valence-corrected chi connectivity index (χ3v) is 3.05. The van der Waals surface area contributed by atoms with Gasteiger partial charge in [0.25, 0.3) is 0 Å². The fraction of sp³-hybridized carbons (Fsp3) is 0.474. The molecule has 0 rings (SSSR count). The molecule has 4 nitrogen and oxygen atoms in total. The normalized spacial score (nSPS) is 10.5. The maximum Gasteiger partial charge on any atom is 0.324 e. The Morgan fingerprint density at radius 2 is 1.30 bits per heavy atom. The Morgan fingerprint density at radius 1 is 0.783 bits per heavy atom. The number of carbonyl (C=O) groups is 2. The van der Waals surface area contributed by atoms with E-state index in [9.17, 15) is 9.59 Å². The van der Waals surface area contributed by atoms with E-state index in [2.05, 4.69) is 19.7 Å². The Labute approximate surface area is 139 Å². The monoisotopic (exact) mass is 320 g/mol. The number of esters is 2. The molecule has 0 aromatic rings. The molecule has 0 amide bonds. The summed E-state index contributed by atoms with van der Waals surface area (Å²) in [6.45, 7) is 10.8. The predicted molar refractivity (Wildman–Crippen MR) is 92.8 cm³/mol. The highest BCUT2D eigenvalue weighted by Crippen LogP contribution is 2.10. The molecule has 0 bridgehead atoms. The zero-order valence-corrected chi connectivity index (χ0v) is 13.9. The standard InChI is InChI=1S/C19H28O4/c1-4-7-8-9-10-11-12-13-14-17(18(20)22-15-5-2)19(21)23-16-6-3/h4-6,13-14,17H,1-3,7-12,15-16H2. The topological polar surface area (TPSA) is 52.6 Å². The molecule has 0 fully saturated rings.